The Morgan fingerprint density at radius 3 is 2.82 bits per heavy atom. The van der Waals surface area contributed by atoms with Crippen molar-refractivity contribution in [3.05, 3.63) is 20.8 Å². The summed E-state index contributed by atoms with van der Waals surface area (Å²) in [6.45, 7) is 1.78. The number of rotatable bonds is 2. The minimum absolute atomic E-state index is 0.0316. The standard InChI is InChI=1S/C7H10BrNOS/c1-7(9,4-10)5-2-6(8)11-3-5/h2-3,10H,4,9H2,1H3. The summed E-state index contributed by atoms with van der Waals surface area (Å²) >= 11 is 4.91. The lowest BCUT2D eigenvalue weighted by Crippen LogP contribution is -2.36. The van der Waals surface area contributed by atoms with Crippen molar-refractivity contribution in [2.75, 3.05) is 6.61 Å². The van der Waals surface area contributed by atoms with Crippen LogP contribution in [0.5, 0.6) is 0 Å². The number of hydrogen-bond acceptors (Lipinski definition) is 3. The fourth-order valence-corrected chi connectivity index (χ4v) is 2.00. The third-order valence-corrected chi connectivity index (χ3v) is 3.06. The summed E-state index contributed by atoms with van der Waals surface area (Å²) in [6.07, 6.45) is 0. The first-order valence-corrected chi connectivity index (χ1v) is 4.88. The molecule has 0 amide bonds. The van der Waals surface area contributed by atoms with Gasteiger partial charge in [0, 0.05) is 0 Å². The van der Waals surface area contributed by atoms with Crippen molar-refractivity contribution >= 4 is 27.3 Å². The molecule has 11 heavy (non-hydrogen) atoms. The van der Waals surface area contributed by atoms with Crippen LogP contribution in [0.3, 0.4) is 0 Å². The summed E-state index contributed by atoms with van der Waals surface area (Å²) in [5.41, 5.74) is 6.15. The van der Waals surface area contributed by atoms with Gasteiger partial charge in [0.05, 0.1) is 15.9 Å². The molecule has 1 unspecified atom stereocenters. The predicted octanol–water partition coefficient (Wildman–Crippen LogP) is 1.68. The molecule has 1 heterocycles. The van der Waals surface area contributed by atoms with E-state index in [1.165, 1.54) is 0 Å². The van der Waals surface area contributed by atoms with Crippen molar-refractivity contribution in [3.63, 3.8) is 0 Å². The van der Waals surface area contributed by atoms with Gasteiger partial charge in [0.15, 0.2) is 0 Å². The first kappa shape index (κ1) is 9.19. The molecule has 1 rings (SSSR count). The quantitative estimate of drug-likeness (QED) is 0.820. The van der Waals surface area contributed by atoms with Crippen molar-refractivity contribution < 1.29 is 5.11 Å². The maximum atomic E-state index is 8.92. The second-order valence-corrected chi connectivity index (χ2v) is 5.01. The fourth-order valence-electron chi connectivity index (χ4n) is 0.701. The molecule has 1 aromatic rings. The van der Waals surface area contributed by atoms with Crippen molar-refractivity contribution in [2.24, 2.45) is 5.73 Å². The molecule has 0 spiro atoms. The Morgan fingerprint density at radius 1 is 1.82 bits per heavy atom. The summed E-state index contributed by atoms with van der Waals surface area (Å²) in [5, 5.41) is 10.9. The van der Waals surface area contributed by atoms with Crippen LogP contribution in [0.15, 0.2) is 15.2 Å². The van der Waals surface area contributed by atoms with Gasteiger partial charge in [-0.15, -0.1) is 11.3 Å². The van der Waals surface area contributed by atoms with Crippen LogP contribution in [0, 0.1) is 0 Å². The second kappa shape index (κ2) is 3.23. The largest absolute Gasteiger partial charge is 0.394 e. The molecular weight excluding hydrogens is 226 g/mol. The van der Waals surface area contributed by atoms with Crippen molar-refractivity contribution in [2.45, 2.75) is 12.5 Å². The number of hydrogen-bond donors (Lipinski definition) is 2. The maximum Gasteiger partial charge on any atom is 0.0701 e. The van der Waals surface area contributed by atoms with Crippen LogP contribution in [0.4, 0.5) is 0 Å². The monoisotopic (exact) mass is 235 g/mol. The highest BCUT2D eigenvalue weighted by molar-refractivity contribution is 9.11. The number of thiophene rings is 1. The number of nitrogens with two attached hydrogens (primary N) is 1. The van der Waals surface area contributed by atoms with Gasteiger partial charge < -0.3 is 10.8 Å². The number of aliphatic hydroxyl groups excluding tert-OH is 1. The molecule has 0 bridgehead atoms. The van der Waals surface area contributed by atoms with Crippen LogP contribution < -0.4 is 5.73 Å². The zero-order chi connectivity index (χ0) is 8.48. The van der Waals surface area contributed by atoms with Gasteiger partial charge in [-0.3, -0.25) is 0 Å². The van der Waals surface area contributed by atoms with Crippen LogP contribution in [-0.4, -0.2) is 11.7 Å². The smallest absolute Gasteiger partial charge is 0.0701 e. The van der Waals surface area contributed by atoms with Crippen molar-refractivity contribution in [1.29, 1.82) is 0 Å². The van der Waals surface area contributed by atoms with E-state index in [2.05, 4.69) is 15.9 Å². The second-order valence-electron chi connectivity index (χ2n) is 2.72. The highest BCUT2D eigenvalue weighted by atomic mass is 79.9. The van der Waals surface area contributed by atoms with E-state index in [0.717, 1.165) is 9.35 Å². The Bertz CT molecular complexity index is 246. The van der Waals surface area contributed by atoms with E-state index in [1.807, 2.05) is 18.4 Å². The molecule has 3 N–H and O–H groups in total. The Kier molecular flexibility index (Phi) is 2.70. The van der Waals surface area contributed by atoms with E-state index in [0.29, 0.717) is 0 Å². The van der Waals surface area contributed by atoms with Gasteiger partial charge in [-0.25, -0.2) is 0 Å². The molecule has 0 saturated carbocycles. The molecule has 0 fully saturated rings. The molecule has 0 aliphatic carbocycles. The third kappa shape index (κ3) is 2.02. The minimum atomic E-state index is -0.609. The Balaban J connectivity index is 2.92. The van der Waals surface area contributed by atoms with E-state index in [9.17, 15) is 0 Å². The highest BCUT2D eigenvalue weighted by Gasteiger charge is 2.20. The molecule has 4 heteroatoms. The van der Waals surface area contributed by atoms with E-state index < -0.39 is 5.54 Å². The molecule has 2 nitrogen and oxygen atoms in total. The number of halogens is 1. The van der Waals surface area contributed by atoms with Crippen molar-refractivity contribution in [3.8, 4) is 0 Å². The van der Waals surface area contributed by atoms with E-state index >= 15 is 0 Å². The zero-order valence-electron chi connectivity index (χ0n) is 6.17. The van der Waals surface area contributed by atoms with Gasteiger partial charge in [-0.2, -0.15) is 0 Å². The molecule has 0 aromatic carbocycles. The van der Waals surface area contributed by atoms with Gasteiger partial charge >= 0.3 is 0 Å². The van der Waals surface area contributed by atoms with Gasteiger partial charge in [0.2, 0.25) is 0 Å². The normalized spacial score (nSPS) is 16.4. The highest BCUT2D eigenvalue weighted by Crippen LogP contribution is 2.27. The van der Waals surface area contributed by atoms with Gasteiger partial charge in [-0.05, 0) is 39.9 Å². The average molecular weight is 236 g/mol. The van der Waals surface area contributed by atoms with Crippen molar-refractivity contribution in [1.82, 2.24) is 0 Å². The summed E-state index contributed by atoms with van der Waals surface area (Å²) in [7, 11) is 0. The lowest BCUT2D eigenvalue weighted by Gasteiger charge is -2.19. The SMILES string of the molecule is CC(N)(CO)c1csc(Br)c1. The summed E-state index contributed by atoms with van der Waals surface area (Å²) in [5.74, 6) is 0. The van der Waals surface area contributed by atoms with Crippen LogP contribution in [0.2, 0.25) is 0 Å². The lowest BCUT2D eigenvalue weighted by atomic mass is 9.98. The fraction of sp³-hybridized carbons (Fsp3) is 0.429. The summed E-state index contributed by atoms with van der Waals surface area (Å²) in [6, 6.07) is 1.93. The van der Waals surface area contributed by atoms with Crippen LogP contribution in [-0.2, 0) is 5.54 Å². The lowest BCUT2D eigenvalue weighted by molar-refractivity contribution is 0.210. The molecule has 1 aromatic heterocycles. The van der Waals surface area contributed by atoms with Crippen LogP contribution in [0.1, 0.15) is 12.5 Å². The predicted molar refractivity (Wildman–Crippen MR) is 50.6 cm³/mol. The van der Waals surface area contributed by atoms with Crippen LogP contribution >= 0.6 is 27.3 Å². The Labute approximate surface area is 78.2 Å². The Morgan fingerprint density at radius 2 is 2.45 bits per heavy atom. The van der Waals surface area contributed by atoms with Crippen LogP contribution in [0.25, 0.3) is 0 Å². The van der Waals surface area contributed by atoms with E-state index in [1.54, 1.807) is 11.3 Å². The topological polar surface area (TPSA) is 46.2 Å². The first-order chi connectivity index (χ1) is 5.06. The molecule has 0 aliphatic heterocycles. The molecule has 0 radical (unpaired) electrons. The van der Waals surface area contributed by atoms with Gasteiger partial charge in [0.1, 0.15) is 0 Å². The van der Waals surface area contributed by atoms with E-state index in [-0.39, 0.29) is 6.61 Å². The summed E-state index contributed by atoms with van der Waals surface area (Å²) < 4.78 is 1.04. The molecule has 62 valence electrons. The maximum absolute atomic E-state index is 8.92. The molecule has 1 atom stereocenters. The first-order valence-electron chi connectivity index (χ1n) is 3.20. The molecule has 0 saturated heterocycles. The van der Waals surface area contributed by atoms with Gasteiger partial charge in [0.25, 0.3) is 0 Å². The minimum Gasteiger partial charge on any atom is -0.394 e. The zero-order valence-corrected chi connectivity index (χ0v) is 8.58. The summed E-state index contributed by atoms with van der Waals surface area (Å²) in [4.78, 5) is 0. The average Bonchev–Trinajstić information content (AvgIpc) is 2.36. The molecule has 0 aliphatic rings. The number of aliphatic hydroxyl groups is 1. The molecular formula is C7H10BrNOS. The third-order valence-electron chi connectivity index (χ3n) is 1.56. The Hall–Kier alpha value is 0.100. The van der Waals surface area contributed by atoms with Gasteiger partial charge in [-0.1, -0.05) is 0 Å². The van der Waals surface area contributed by atoms with E-state index in [4.69, 9.17) is 10.8 Å².